The highest BCUT2D eigenvalue weighted by Gasteiger charge is 1.94. The topological polar surface area (TPSA) is 51.8 Å². The van der Waals surface area contributed by atoms with Gasteiger partial charge in [-0.2, -0.15) is 5.10 Å². The van der Waals surface area contributed by atoms with Crippen molar-refractivity contribution < 1.29 is 4.52 Å². The van der Waals surface area contributed by atoms with E-state index in [-0.39, 0.29) is 0 Å². The summed E-state index contributed by atoms with van der Waals surface area (Å²) in [5.41, 5.74) is 0.553. The number of nitrogens with zero attached hydrogens (tertiary/aromatic N) is 3. The molecule has 0 N–H and O–H groups in total. The molecule has 0 aliphatic carbocycles. The van der Waals surface area contributed by atoms with Crippen molar-refractivity contribution >= 4 is 11.0 Å². The van der Waals surface area contributed by atoms with Crippen LogP contribution >= 0.6 is 0 Å². The first-order valence-corrected chi connectivity index (χ1v) is 2.48. The Morgan fingerprint density at radius 1 is 1.44 bits per heavy atom. The highest BCUT2D eigenvalue weighted by atomic mass is 16.5. The molecular weight excluding hydrogens is 118 g/mol. The van der Waals surface area contributed by atoms with E-state index in [0.717, 1.165) is 5.39 Å². The zero-order valence-corrected chi connectivity index (χ0v) is 4.48. The Hall–Kier alpha value is -1.45. The lowest BCUT2D eigenvalue weighted by molar-refractivity contribution is 0.426. The highest BCUT2D eigenvalue weighted by molar-refractivity contribution is 5.71. The Kier molecular flexibility index (Phi) is 0.745. The van der Waals surface area contributed by atoms with Gasteiger partial charge in [-0.25, -0.2) is 0 Å². The molecule has 0 bridgehead atoms. The molecule has 0 saturated heterocycles. The number of aromatic nitrogens is 3. The van der Waals surface area contributed by atoms with Crippen LogP contribution in [0.15, 0.2) is 23.0 Å². The van der Waals surface area contributed by atoms with Gasteiger partial charge >= 0.3 is 0 Å². The van der Waals surface area contributed by atoms with Crippen LogP contribution in [0.25, 0.3) is 11.0 Å². The van der Waals surface area contributed by atoms with Crippen molar-refractivity contribution in [3.05, 3.63) is 18.5 Å². The summed E-state index contributed by atoms with van der Waals surface area (Å²) in [6, 6.07) is 1.79. The maximum atomic E-state index is 4.61. The molecule has 4 heteroatoms. The van der Waals surface area contributed by atoms with Crippen LogP contribution in [0.5, 0.6) is 0 Å². The van der Waals surface area contributed by atoms with E-state index in [4.69, 9.17) is 0 Å². The van der Waals surface area contributed by atoms with Gasteiger partial charge in [0.2, 0.25) is 5.65 Å². The summed E-state index contributed by atoms with van der Waals surface area (Å²) in [4.78, 5) is 0. The predicted octanol–water partition coefficient (Wildman–Crippen LogP) is 0.618. The largest absolute Gasteiger partial charge is 0.362 e. The van der Waals surface area contributed by atoms with Crippen LogP contribution in [0.3, 0.4) is 0 Å². The summed E-state index contributed by atoms with van der Waals surface area (Å²) in [5.74, 6) is 0. The molecule has 0 saturated carbocycles. The van der Waals surface area contributed by atoms with Crippen LogP contribution in [0.1, 0.15) is 0 Å². The molecule has 44 valence electrons. The number of hydrogen-bond donors (Lipinski definition) is 0. The highest BCUT2D eigenvalue weighted by Crippen LogP contribution is 2.04. The van der Waals surface area contributed by atoms with Crippen molar-refractivity contribution in [2.75, 3.05) is 0 Å². The molecule has 0 radical (unpaired) electrons. The van der Waals surface area contributed by atoms with Gasteiger partial charge in [-0.05, 0) is 6.07 Å². The summed E-state index contributed by atoms with van der Waals surface area (Å²) >= 11 is 0. The lowest BCUT2D eigenvalue weighted by atomic mass is 10.4. The van der Waals surface area contributed by atoms with E-state index in [1.54, 1.807) is 12.3 Å². The molecular formula is C5H3N3O. The van der Waals surface area contributed by atoms with Crippen LogP contribution in [0.2, 0.25) is 0 Å². The fourth-order valence-corrected chi connectivity index (χ4v) is 0.630. The van der Waals surface area contributed by atoms with Crippen LogP contribution in [0, 0.1) is 0 Å². The molecule has 0 aliphatic rings. The smallest absolute Gasteiger partial charge is 0.223 e. The minimum Gasteiger partial charge on any atom is -0.362 e. The van der Waals surface area contributed by atoms with Crippen molar-refractivity contribution in [1.82, 2.24) is 15.4 Å². The van der Waals surface area contributed by atoms with Gasteiger partial charge < -0.3 is 4.52 Å². The molecule has 0 atom stereocenters. The Balaban J connectivity index is 2.95. The van der Waals surface area contributed by atoms with Gasteiger partial charge in [0.1, 0.15) is 6.26 Å². The fourth-order valence-electron chi connectivity index (χ4n) is 0.630. The molecule has 2 aromatic heterocycles. The molecule has 0 fully saturated rings. The zero-order chi connectivity index (χ0) is 6.10. The first-order chi connectivity index (χ1) is 4.47. The summed E-state index contributed by atoms with van der Waals surface area (Å²) < 4.78 is 4.61. The number of rotatable bonds is 0. The summed E-state index contributed by atoms with van der Waals surface area (Å²) in [7, 11) is 0. The standard InChI is InChI=1S/C5H3N3O/c1-2-6-7-5-4(1)3-9-8-5/h1-3H. The maximum Gasteiger partial charge on any atom is 0.223 e. The molecule has 2 aromatic rings. The number of hydrogen-bond acceptors (Lipinski definition) is 4. The van der Waals surface area contributed by atoms with E-state index in [1.165, 1.54) is 6.26 Å². The van der Waals surface area contributed by atoms with E-state index in [1.807, 2.05) is 0 Å². The van der Waals surface area contributed by atoms with Crippen molar-refractivity contribution in [2.45, 2.75) is 0 Å². The van der Waals surface area contributed by atoms with Crippen molar-refractivity contribution in [3.8, 4) is 0 Å². The van der Waals surface area contributed by atoms with Crippen LogP contribution < -0.4 is 0 Å². The molecule has 0 unspecified atom stereocenters. The second-order valence-corrected chi connectivity index (χ2v) is 1.62. The van der Waals surface area contributed by atoms with Gasteiger partial charge in [0.25, 0.3) is 0 Å². The van der Waals surface area contributed by atoms with Crippen molar-refractivity contribution in [1.29, 1.82) is 0 Å². The fraction of sp³-hybridized carbons (Fsp3) is 0. The van der Waals surface area contributed by atoms with Gasteiger partial charge in [0, 0.05) is 0 Å². The summed E-state index contributed by atoms with van der Waals surface area (Å²) in [5, 5.41) is 11.7. The lowest BCUT2D eigenvalue weighted by Gasteiger charge is -1.76. The maximum absolute atomic E-state index is 4.61. The molecule has 0 aliphatic heterocycles. The van der Waals surface area contributed by atoms with Crippen LogP contribution in [-0.2, 0) is 0 Å². The second-order valence-electron chi connectivity index (χ2n) is 1.62. The third-order valence-electron chi connectivity index (χ3n) is 1.05. The Bertz CT molecular complexity index is 286. The Morgan fingerprint density at radius 2 is 2.44 bits per heavy atom. The van der Waals surface area contributed by atoms with E-state index in [9.17, 15) is 0 Å². The van der Waals surface area contributed by atoms with E-state index < -0.39 is 0 Å². The molecule has 2 heterocycles. The quantitative estimate of drug-likeness (QED) is 0.512. The number of fused-ring (bicyclic) bond motifs is 1. The zero-order valence-electron chi connectivity index (χ0n) is 4.48. The molecule has 4 nitrogen and oxygen atoms in total. The second kappa shape index (κ2) is 1.51. The van der Waals surface area contributed by atoms with Crippen LogP contribution in [-0.4, -0.2) is 15.4 Å². The SMILES string of the molecule is c1cc2conc2nn1. The molecule has 0 aromatic carbocycles. The van der Waals surface area contributed by atoms with Gasteiger partial charge in [-0.1, -0.05) is 5.16 Å². The van der Waals surface area contributed by atoms with Gasteiger partial charge in [-0.3, -0.25) is 0 Å². The normalized spacial score (nSPS) is 10.2. The molecule has 2 rings (SSSR count). The lowest BCUT2D eigenvalue weighted by Crippen LogP contribution is -1.77. The molecule has 9 heavy (non-hydrogen) atoms. The van der Waals surface area contributed by atoms with E-state index in [2.05, 4.69) is 19.9 Å². The first kappa shape index (κ1) is 4.43. The van der Waals surface area contributed by atoms with Crippen molar-refractivity contribution in [3.63, 3.8) is 0 Å². The van der Waals surface area contributed by atoms with Crippen molar-refractivity contribution in [2.24, 2.45) is 0 Å². The molecule has 0 spiro atoms. The molecule has 0 amide bonds. The summed E-state index contributed by atoms with van der Waals surface area (Å²) in [6.45, 7) is 0. The minimum atomic E-state index is 0.553. The monoisotopic (exact) mass is 121 g/mol. The third-order valence-corrected chi connectivity index (χ3v) is 1.05. The minimum absolute atomic E-state index is 0.553. The average molecular weight is 121 g/mol. The third kappa shape index (κ3) is 0.561. The Labute approximate surface area is 50.5 Å². The first-order valence-electron chi connectivity index (χ1n) is 2.48. The van der Waals surface area contributed by atoms with Gasteiger partial charge in [0.15, 0.2) is 0 Å². The summed E-state index contributed by atoms with van der Waals surface area (Å²) in [6.07, 6.45) is 3.13. The predicted molar refractivity (Wildman–Crippen MR) is 29.6 cm³/mol. The Morgan fingerprint density at radius 3 is 3.33 bits per heavy atom. The van der Waals surface area contributed by atoms with E-state index >= 15 is 0 Å². The van der Waals surface area contributed by atoms with Crippen LogP contribution in [0.4, 0.5) is 0 Å². The van der Waals surface area contributed by atoms with E-state index in [0.29, 0.717) is 5.65 Å². The average Bonchev–Trinajstić information content (AvgIpc) is 2.33. The van der Waals surface area contributed by atoms with Gasteiger partial charge in [-0.15, -0.1) is 5.10 Å². The van der Waals surface area contributed by atoms with Gasteiger partial charge in [0.05, 0.1) is 11.6 Å².